The van der Waals surface area contributed by atoms with Gasteiger partial charge in [0.1, 0.15) is 0 Å². The van der Waals surface area contributed by atoms with Gasteiger partial charge in [0.05, 0.1) is 12.6 Å². The van der Waals surface area contributed by atoms with Gasteiger partial charge in [-0.05, 0) is 38.3 Å². The van der Waals surface area contributed by atoms with E-state index < -0.39 is 12.0 Å². The van der Waals surface area contributed by atoms with Crippen LogP contribution < -0.4 is 5.32 Å². The normalized spacial score (nSPS) is 33.5. The van der Waals surface area contributed by atoms with Crippen molar-refractivity contribution in [3.8, 4) is 0 Å². The minimum absolute atomic E-state index is 0.131. The highest BCUT2D eigenvalue weighted by Crippen LogP contribution is 2.28. The van der Waals surface area contributed by atoms with Crippen LogP contribution in [0.25, 0.3) is 0 Å². The van der Waals surface area contributed by atoms with Gasteiger partial charge in [-0.2, -0.15) is 0 Å². The third-order valence-corrected chi connectivity index (χ3v) is 4.97. The number of hydrogen-bond donors (Lipinski definition) is 1. The molecule has 2 atom stereocenters. The van der Waals surface area contributed by atoms with Gasteiger partial charge in [-0.25, -0.2) is 8.78 Å². The van der Waals surface area contributed by atoms with Crippen molar-refractivity contribution in [3.05, 3.63) is 0 Å². The third kappa shape index (κ3) is 3.72. The fourth-order valence-corrected chi connectivity index (χ4v) is 3.80. The molecule has 120 valence electrons. The van der Waals surface area contributed by atoms with Crippen LogP contribution in [0.1, 0.15) is 32.1 Å². The minimum Gasteiger partial charge on any atom is -0.341 e. The molecule has 3 heterocycles. The molecule has 4 nitrogen and oxygen atoms in total. The zero-order valence-electron chi connectivity index (χ0n) is 12.5. The molecule has 1 amide bonds. The lowest BCUT2D eigenvalue weighted by Crippen LogP contribution is -2.43. The second-order valence-corrected chi connectivity index (χ2v) is 6.79. The molecule has 0 spiro atoms. The summed E-state index contributed by atoms with van der Waals surface area (Å²) >= 11 is 0. The fourth-order valence-electron chi connectivity index (χ4n) is 3.80. The minimum atomic E-state index is -2.73. The monoisotopic (exact) mass is 301 g/mol. The topological polar surface area (TPSA) is 35.6 Å². The number of carbonyl (C=O) groups is 1. The van der Waals surface area contributed by atoms with Crippen LogP contribution in [0.4, 0.5) is 8.78 Å². The molecule has 0 aromatic heterocycles. The number of hydrogen-bond acceptors (Lipinski definition) is 3. The maximum atomic E-state index is 13.2. The van der Waals surface area contributed by atoms with Crippen LogP contribution in [0.5, 0.6) is 0 Å². The van der Waals surface area contributed by atoms with Crippen LogP contribution in [0.3, 0.4) is 0 Å². The van der Waals surface area contributed by atoms with Gasteiger partial charge in [-0.15, -0.1) is 0 Å². The van der Waals surface area contributed by atoms with Crippen molar-refractivity contribution in [2.24, 2.45) is 5.92 Å². The number of halogens is 2. The lowest BCUT2D eigenvalue weighted by molar-refractivity contribution is -0.132. The van der Waals surface area contributed by atoms with E-state index in [1.54, 1.807) is 4.90 Å². The van der Waals surface area contributed by atoms with Crippen LogP contribution in [0.2, 0.25) is 0 Å². The van der Waals surface area contributed by atoms with Crippen LogP contribution in [0, 0.1) is 5.92 Å². The predicted octanol–water partition coefficient (Wildman–Crippen LogP) is 1.32. The van der Waals surface area contributed by atoms with Gasteiger partial charge in [-0.1, -0.05) is 6.42 Å². The molecule has 21 heavy (non-hydrogen) atoms. The summed E-state index contributed by atoms with van der Waals surface area (Å²) in [6, 6.07) is -0.686. The predicted molar refractivity (Wildman–Crippen MR) is 76.3 cm³/mol. The molecule has 0 bridgehead atoms. The average Bonchev–Trinajstić information content (AvgIpc) is 3.06. The summed E-state index contributed by atoms with van der Waals surface area (Å²) in [5.41, 5.74) is 0. The van der Waals surface area contributed by atoms with Crippen LogP contribution >= 0.6 is 0 Å². The quantitative estimate of drug-likeness (QED) is 0.854. The Morgan fingerprint density at radius 2 is 1.95 bits per heavy atom. The summed E-state index contributed by atoms with van der Waals surface area (Å²) in [5.74, 6) is -2.35. The van der Waals surface area contributed by atoms with E-state index in [9.17, 15) is 13.6 Å². The highest BCUT2D eigenvalue weighted by atomic mass is 19.3. The number of nitrogens with one attached hydrogen (secondary N) is 1. The number of likely N-dealkylation sites (tertiary alicyclic amines) is 2. The first-order valence-corrected chi connectivity index (χ1v) is 8.16. The lowest BCUT2D eigenvalue weighted by Gasteiger charge is -2.29. The van der Waals surface area contributed by atoms with Gasteiger partial charge in [0, 0.05) is 26.1 Å². The number of nitrogens with zero attached hydrogens (tertiary/aromatic N) is 2. The van der Waals surface area contributed by atoms with E-state index in [4.69, 9.17) is 0 Å². The molecule has 0 aromatic carbocycles. The molecule has 0 saturated carbocycles. The van der Waals surface area contributed by atoms with Crippen molar-refractivity contribution in [1.29, 1.82) is 0 Å². The van der Waals surface area contributed by atoms with Gasteiger partial charge >= 0.3 is 0 Å². The Bertz CT molecular complexity index is 385. The van der Waals surface area contributed by atoms with E-state index in [2.05, 4.69) is 10.2 Å². The first-order valence-electron chi connectivity index (χ1n) is 8.16. The van der Waals surface area contributed by atoms with E-state index >= 15 is 0 Å². The molecule has 0 aromatic rings. The molecular formula is C15H25F2N3O. The first-order chi connectivity index (χ1) is 10.0. The van der Waals surface area contributed by atoms with Crippen molar-refractivity contribution in [3.63, 3.8) is 0 Å². The molecule has 0 radical (unpaired) electrons. The zero-order valence-corrected chi connectivity index (χ0v) is 12.5. The van der Waals surface area contributed by atoms with Crippen LogP contribution in [-0.4, -0.2) is 66.9 Å². The number of rotatable bonds is 3. The molecule has 3 fully saturated rings. The first kappa shape index (κ1) is 15.2. The second-order valence-electron chi connectivity index (χ2n) is 6.79. The Morgan fingerprint density at radius 3 is 2.62 bits per heavy atom. The van der Waals surface area contributed by atoms with E-state index in [1.807, 2.05) is 0 Å². The van der Waals surface area contributed by atoms with Crippen molar-refractivity contribution >= 4 is 5.91 Å². The van der Waals surface area contributed by atoms with Crippen molar-refractivity contribution in [1.82, 2.24) is 15.1 Å². The van der Waals surface area contributed by atoms with Gasteiger partial charge in [0.25, 0.3) is 5.92 Å². The van der Waals surface area contributed by atoms with Gasteiger partial charge in [-0.3, -0.25) is 10.1 Å². The summed E-state index contributed by atoms with van der Waals surface area (Å²) in [6.45, 7) is 4.48. The van der Waals surface area contributed by atoms with Crippen LogP contribution in [0.15, 0.2) is 0 Å². The van der Waals surface area contributed by atoms with Crippen LogP contribution in [-0.2, 0) is 4.79 Å². The van der Waals surface area contributed by atoms with Crippen molar-refractivity contribution < 1.29 is 13.6 Å². The summed E-state index contributed by atoms with van der Waals surface area (Å²) in [5, 5.41) is 2.67. The number of amides is 1. The smallest absolute Gasteiger partial charge is 0.262 e. The molecule has 3 saturated heterocycles. The summed E-state index contributed by atoms with van der Waals surface area (Å²) in [6.07, 6.45) is 4.53. The molecule has 0 aliphatic carbocycles. The van der Waals surface area contributed by atoms with E-state index in [-0.39, 0.29) is 18.9 Å². The number of alkyl halides is 2. The van der Waals surface area contributed by atoms with Gasteiger partial charge < -0.3 is 9.80 Å². The standard InChI is InChI=1S/C15H25F2N3O/c16-15(17)8-13(18-11-15)14(21)20-7-4-12(10-20)9-19-5-2-1-3-6-19/h12-13,18H,1-11H2. The van der Waals surface area contributed by atoms with Gasteiger partial charge in [0.2, 0.25) is 5.91 Å². The summed E-state index contributed by atoms with van der Waals surface area (Å²) in [4.78, 5) is 16.6. The number of carbonyl (C=O) groups excluding carboxylic acids is 1. The second kappa shape index (κ2) is 6.16. The molecule has 3 aliphatic heterocycles. The van der Waals surface area contributed by atoms with E-state index in [1.165, 1.54) is 32.4 Å². The highest BCUT2D eigenvalue weighted by Gasteiger charge is 2.44. The largest absolute Gasteiger partial charge is 0.341 e. The SMILES string of the molecule is O=C(C1CC(F)(F)CN1)N1CCC(CN2CCCCC2)C1. The molecule has 2 unspecified atom stereocenters. The zero-order chi connectivity index (χ0) is 14.9. The Morgan fingerprint density at radius 1 is 1.19 bits per heavy atom. The molecule has 6 heteroatoms. The third-order valence-electron chi connectivity index (χ3n) is 4.97. The number of piperidine rings is 1. The Balaban J connectivity index is 1.46. The Kier molecular flexibility index (Phi) is 4.45. The van der Waals surface area contributed by atoms with Crippen molar-refractivity contribution in [2.45, 2.75) is 44.1 Å². The Hall–Kier alpha value is -0.750. The summed E-state index contributed by atoms with van der Waals surface area (Å²) < 4.78 is 26.4. The maximum Gasteiger partial charge on any atom is 0.262 e. The van der Waals surface area contributed by atoms with E-state index in [0.29, 0.717) is 5.92 Å². The summed E-state index contributed by atoms with van der Waals surface area (Å²) in [7, 11) is 0. The fraction of sp³-hybridized carbons (Fsp3) is 0.933. The molecule has 3 aliphatic rings. The molecule has 1 N–H and O–H groups in total. The highest BCUT2D eigenvalue weighted by molar-refractivity contribution is 5.82. The van der Waals surface area contributed by atoms with Gasteiger partial charge in [0.15, 0.2) is 0 Å². The lowest BCUT2D eigenvalue weighted by atomic mass is 10.1. The Labute approximate surface area is 124 Å². The molecular weight excluding hydrogens is 276 g/mol. The van der Waals surface area contributed by atoms with E-state index in [0.717, 1.165) is 26.1 Å². The average molecular weight is 301 g/mol. The maximum absolute atomic E-state index is 13.2. The molecule has 3 rings (SSSR count). The van der Waals surface area contributed by atoms with Crippen molar-refractivity contribution in [2.75, 3.05) is 39.3 Å².